The van der Waals surface area contributed by atoms with Crippen LogP contribution in [0.5, 0.6) is 0 Å². The van der Waals surface area contributed by atoms with Crippen LogP contribution < -0.4 is 10.6 Å². The number of nitrogens with one attached hydrogen (secondary N) is 2. The third-order valence-electron chi connectivity index (χ3n) is 4.90. The second-order valence-electron chi connectivity index (χ2n) is 7.39. The first-order valence-electron chi connectivity index (χ1n) is 10.2. The molecule has 0 saturated carbocycles. The SMILES string of the molecule is CCc1cc(C(Nc2nc(C)cc(C)n2)c2ccc(F)cc2)c(NC(=O)c2ccco2)s1. The van der Waals surface area contributed by atoms with Crippen LogP contribution in [0.3, 0.4) is 0 Å². The van der Waals surface area contributed by atoms with E-state index in [1.165, 1.54) is 29.7 Å². The molecule has 4 aromatic rings. The maximum absolute atomic E-state index is 13.6. The molecule has 3 heterocycles. The van der Waals surface area contributed by atoms with Crippen molar-refractivity contribution in [2.45, 2.75) is 33.2 Å². The van der Waals surface area contributed by atoms with E-state index >= 15 is 0 Å². The van der Waals surface area contributed by atoms with Gasteiger partial charge in [-0.25, -0.2) is 14.4 Å². The first-order valence-corrected chi connectivity index (χ1v) is 11.1. The number of amides is 1. The van der Waals surface area contributed by atoms with Gasteiger partial charge in [-0.3, -0.25) is 4.79 Å². The van der Waals surface area contributed by atoms with Crippen LogP contribution in [0.15, 0.2) is 59.2 Å². The Bertz CT molecular complexity index is 1200. The largest absolute Gasteiger partial charge is 0.459 e. The maximum Gasteiger partial charge on any atom is 0.291 e. The summed E-state index contributed by atoms with van der Waals surface area (Å²) in [5, 5.41) is 7.04. The Morgan fingerprint density at radius 2 is 1.84 bits per heavy atom. The van der Waals surface area contributed by atoms with Crippen molar-refractivity contribution >= 4 is 28.2 Å². The molecule has 1 atom stereocenters. The molecule has 0 aliphatic heterocycles. The van der Waals surface area contributed by atoms with E-state index in [1.54, 1.807) is 24.3 Å². The minimum atomic E-state index is -0.403. The molecule has 4 rings (SSSR count). The lowest BCUT2D eigenvalue weighted by Gasteiger charge is -2.21. The van der Waals surface area contributed by atoms with Crippen molar-refractivity contribution in [1.82, 2.24) is 9.97 Å². The van der Waals surface area contributed by atoms with Crippen molar-refractivity contribution in [1.29, 1.82) is 0 Å². The van der Waals surface area contributed by atoms with Crippen LogP contribution in [0, 0.1) is 19.7 Å². The topological polar surface area (TPSA) is 80.0 Å². The van der Waals surface area contributed by atoms with Gasteiger partial charge in [0, 0.05) is 21.8 Å². The molecular formula is C24H23FN4O2S. The zero-order valence-corrected chi connectivity index (χ0v) is 18.8. The molecule has 0 saturated heterocycles. The summed E-state index contributed by atoms with van der Waals surface area (Å²) < 4.78 is 18.9. The first kappa shape index (κ1) is 21.7. The molecule has 32 heavy (non-hydrogen) atoms. The van der Waals surface area contributed by atoms with Crippen LogP contribution in [0.4, 0.5) is 15.3 Å². The van der Waals surface area contributed by atoms with Crippen molar-refractivity contribution in [3.8, 4) is 0 Å². The number of halogens is 1. The van der Waals surface area contributed by atoms with E-state index in [0.717, 1.165) is 33.8 Å². The Balaban J connectivity index is 1.77. The number of furan rings is 1. The summed E-state index contributed by atoms with van der Waals surface area (Å²) in [4.78, 5) is 22.8. The van der Waals surface area contributed by atoms with Crippen molar-refractivity contribution in [3.63, 3.8) is 0 Å². The van der Waals surface area contributed by atoms with Crippen molar-refractivity contribution in [2.75, 3.05) is 10.6 Å². The fourth-order valence-corrected chi connectivity index (χ4v) is 4.46. The molecule has 1 unspecified atom stereocenters. The summed E-state index contributed by atoms with van der Waals surface area (Å²) in [6.07, 6.45) is 2.27. The van der Waals surface area contributed by atoms with E-state index < -0.39 is 6.04 Å². The number of hydrogen-bond acceptors (Lipinski definition) is 6. The lowest BCUT2D eigenvalue weighted by molar-refractivity contribution is 0.0997. The van der Waals surface area contributed by atoms with Crippen LogP contribution >= 0.6 is 11.3 Å². The van der Waals surface area contributed by atoms with E-state index in [-0.39, 0.29) is 17.5 Å². The number of nitrogens with zero attached hydrogens (tertiary/aromatic N) is 2. The van der Waals surface area contributed by atoms with Crippen molar-refractivity contribution < 1.29 is 13.6 Å². The van der Waals surface area contributed by atoms with Gasteiger partial charge in [0.05, 0.1) is 12.3 Å². The van der Waals surface area contributed by atoms with E-state index in [9.17, 15) is 9.18 Å². The monoisotopic (exact) mass is 450 g/mol. The summed E-state index contributed by atoms with van der Waals surface area (Å²) in [6.45, 7) is 5.87. The van der Waals surface area contributed by atoms with Gasteiger partial charge >= 0.3 is 0 Å². The van der Waals surface area contributed by atoms with Gasteiger partial charge in [0.2, 0.25) is 5.95 Å². The minimum absolute atomic E-state index is 0.228. The van der Waals surface area contributed by atoms with Crippen LogP contribution in [-0.2, 0) is 6.42 Å². The van der Waals surface area contributed by atoms with E-state index in [1.807, 2.05) is 26.0 Å². The van der Waals surface area contributed by atoms with Crippen molar-refractivity contribution in [3.05, 3.63) is 93.8 Å². The smallest absolute Gasteiger partial charge is 0.291 e. The van der Waals surface area contributed by atoms with E-state index in [4.69, 9.17) is 4.42 Å². The summed E-state index contributed by atoms with van der Waals surface area (Å²) in [5.41, 5.74) is 3.34. The van der Waals surface area contributed by atoms with Crippen LogP contribution in [-0.4, -0.2) is 15.9 Å². The predicted octanol–water partition coefficient (Wildman–Crippen LogP) is 5.90. The maximum atomic E-state index is 13.6. The van der Waals surface area contributed by atoms with Crippen LogP contribution in [0.25, 0.3) is 0 Å². The molecule has 0 radical (unpaired) electrons. The molecule has 6 nitrogen and oxygen atoms in total. The highest BCUT2D eigenvalue weighted by atomic mass is 32.1. The summed E-state index contributed by atoms with van der Waals surface area (Å²) in [5.74, 6) is 0.0398. The second kappa shape index (κ2) is 9.32. The molecule has 0 spiro atoms. The van der Waals surface area contributed by atoms with Gasteiger partial charge in [-0.2, -0.15) is 0 Å². The fraction of sp³-hybridized carbons (Fsp3) is 0.208. The number of benzene rings is 1. The van der Waals surface area contributed by atoms with Gasteiger partial charge in [-0.1, -0.05) is 19.1 Å². The Morgan fingerprint density at radius 1 is 1.12 bits per heavy atom. The number of aryl methyl sites for hydroxylation is 3. The number of thiophene rings is 1. The Labute approximate surface area is 189 Å². The zero-order valence-electron chi connectivity index (χ0n) is 18.0. The van der Waals surface area contributed by atoms with Gasteiger partial charge < -0.3 is 15.1 Å². The molecule has 0 bridgehead atoms. The summed E-state index contributed by atoms with van der Waals surface area (Å²) in [6, 6.07) is 13.1. The molecule has 8 heteroatoms. The summed E-state index contributed by atoms with van der Waals surface area (Å²) >= 11 is 1.50. The lowest BCUT2D eigenvalue weighted by Crippen LogP contribution is -2.18. The highest BCUT2D eigenvalue weighted by Crippen LogP contribution is 2.38. The molecule has 3 aromatic heterocycles. The number of carbonyl (C=O) groups is 1. The molecule has 2 N–H and O–H groups in total. The number of rotatable bonds is 7. The van der Waals surface area contributed by atoms with Gasteiger partial charge in [0.1, 0.15) is 10.8 Å². The lowest BCUT2D eigenvalue weighted by atomic mass is 10.00. The highest BCUT2D eigenvalue weighted by Gasteiger charge is 2.24. The Morgan fingerprint density at radius 3 is 2.47 bits per heavy atom. The van der Waals surface area contributed by atoms with Crippen LogP contribution in [0.2, 0.25) is 0 Å². The third-order valence-corrected chi connectivity index (χ3v) is 6.11. The van der Waals surface area contributed by atoms with Crippen LogP contribution in [0.1, 0.15) is 50.9 Å². The molecule has 1 aromatic carbocycles. The van der Waals surface area contributed by atoms with E-state index in [0.29, 0.717) is 10.9 Å². The number of carbonyl (C=O) groups excluding carboxylic acids is 1. The number of hydrogen-bond donors (Lipinski definition) is 2. The van der Waals surface area contributed by atoms with Gasteiger partial charge in [-0.15, -0.1) is 11.3 Å². The molecule has 164 valence electrons. The Hall–Kier alpha value is -3.52. The highest BCUT2D eigenvalue weighted by molar-refractivity contribution is 7.16. The predicted molar refractivity (Wildman–Crippen MR) is 124 cm³/mol. The van der Waals surface area contributed by atoms with Gasteiger partial charge in [-0.05, 0) is 62.2 Å². The minimum Gasteiger partial charge on any atom is -0.459 e. The normalized spacial score (nSPS) is 11.9. The van der Waals surface area contributed by atoms with E-state index in [2.05, 4.69) is 27.5 Å². The average Bonchev–Trinajstić information content (AvgIpc) is 3.42. The standard InChI is InChI=1S/C24H23FN4O2S/c1-4-18-13-19(23(32-18)29-22(30)20-6-5-11-31-20)21(16-7-9-17(25)10-8-16)28-24-26-14(2)12-15(3)27-24/h5-13,21H,4H2,1-3H3,(H,29,30)(H,26,27,28). The van der Waals surface area contributed by atoms with Gasteiger partial charge in [0.25, 0.3) is 5.91 Å². The third kappa shape index (κ3) is 4.86. The summed E-state index contributed by atoms with van der Waals surface area (Å²) in [7, 11) is 0. The zero-order chi connectivity index (χ0) is 22.7. The second-order valence-corrected chi connectivity index (χ2v) is 8.52. The fourth-order valence-electron chi connectivity index (χ4n) is 3.43. The van der Waals surface area contributed by atoms with Gasteiger partial charge in [0.15, 0.2) is 5.76 Å². The molecule has 1 amide bonds. The molecule has 0 aliphatic carbocycles. The average molecular weight is 451 g/mol. The molecule has 0 aliphatic rings. The van der Waals surface area contributed by atoms with Crippen molar-refractivity contribution in [2.24, 2.45) is 0 Å². The number of aromatic nitrogens is 2. The Kier molecular flexibility index (Phi) is 6.32. The number of anilines is 2. The first-order chi connectivity index (χ1) is 15.4. The molecular weight excluding hydrogens is 427 g/mol. The molecule has 0 fully saturated rings. The quantitative estimate of drug-likeness (QED) is 0.366.